The van der Waals surface area contributed by atoms with E-state index in [4.69, 9.17) is 9.72 Å². The van der Waals surface area contributed by atoms with E-state index in [2.05, 4.69) is 51.0 Å². The van der Waals surface area contributed by atoms with Gasteiger partial charge in [0.1, 0.15) is 6.33 Å². The summed E-state index contributed by atoms with van der Waals surface area (Å²) >= 11 is 1.73. The molecule has 1 fully saturated rings. The number of pyridine rings is 1. The first kappa shape index (κ1) is 27.4. The van der Waals surface area contributed by atoms with Gasteiger partial charge in [-0.05, 0) is 44.1 Å². The fraction of sp³-hybridized carbons (Fsp3) is 0.444. The van der Waals surface area contributed by atoms with Crippen molar-refractivity contribution in [3.63, 3.8) is 0 Å². The van der Waals surface area contributed by atoms with Crippen molar-refractivity contribution in [1.29, 1.82) is 0 Å². The van der Waals surface area contributed by atoms with Crippen molar-refractivity contribution in [2.45, 2.75) is 63.4 Å². The van der Waals surface area contributed by atoms with E-state index in [0.717, 1.165) is 46.9 Å². The van der Waals surface area contributed by atoms with Crippen molar-refractivity contribution in [2.75, 3.05) is 30.1 Å². The molecule has 200 valence electrons. The van der Waals surface area contributed by atoms with Crippen molar-refractivity contribution >= 4 is 35.5 Å². The van der Waals surface area contributed by atoms with E-state index in [1.54, 1.807) is 25.1 Å². The summed E-state index contributed by atoms with van der Waals surface area (Å²) in [6, 6.07) is 4.12. The lowest BCUT2D eigenvalue weighted by molar-refractivity contribution is -0.102. The molecule has 1 aliphatic carbocycles. The molecular formula is C27H34N8O2S. The van der Waals surface area contributed by atoms with Crippen LogP contribution in [0.4, 0.5) is 11.6 Å². The van der Waals surface area contributed by atoms with Gasteiger partial charge in [-0.3, -0.25) is 14.8 Å². The summed E-state index contributed by atoms with van der Waals surface area (Å²) in [5.41, 5.74) is 3.08. The predicted octanol–water partition coefficient (Wildman–Crippen LogP) is 4.77. The number of amidine groups is 1. The third kappa shape index (κ3) is 6.45. The van der Waals surface area contributed by atoms with Crippen molar-refractivity contribution in [3.8, 4) is 17.1 Å². The minimum Gasteiger partial charge on any atom is -0.480 e. The topological polar surface area (TPSA) is 118 Å². The number of nitrogens with zero attached hydrogens (tertiary/aromatic N) is 7. The lowest BCUT2D eigenvalue weighted by Gasteiger charge is -2.27. The minimum atomic E-state index is 0.152. The highest BCUT2D eigenvalue weighted by molar-refractivity contribution is 7.99. The number of hydrogen-bond acceptors (Lipinski definition) is 10. The summed E-state index contributed by atoms with van der Waals surface area (Å²) in [5.74, 6) is 3.01. The fourth-order valence-electron chi connectivity index (χ4n) is 3.91. The second kappa shape index (κ2) is 12.8. The SMILES string of the molecule is CCSc1ccc(CN=C(C=O)Nc2ncc(-c3c(OC)ncnc3C3CC3)nc2N(C)[C@@H](C)CC)nc1. The van der Waals surface area contributed by atoms with Crippen LogP contribution in [0.25, 0.3) is 11.3 Å². The normalized spacial score (nSPS) is 14.2. The van der Waals surface area contributed by atoms with Crippen molar-refractivity contribution < 1.29 is 9.53 Å². The van der Waals surface area contributed by atoms with Crippen LogP contribution in [0.1, 0.15) is 57.3 Å². The zero-order valence-electron chi connectivity index (χ0n) is 22.5. The van der Waals surface area contributed by atoms with E-state index in [-0.39, 0.29) is 18.4 Å². The first-order valence-electron chi connectivity index (χ1n) is 12.8. The summed E-state index contributed by atoms with van der Waals surface area (Å²) in [6.45, 7) is 6.59. The van der Waals surface area contributed by atoms with Crippen LogP contribution in [-0.2, 0) is 11.3 Å². The fourth-order valence-corrected chi connectivity index (χ4v) is 4.54. The first-order valence-corrected chi connectivity index (χ1v) is 13.8. The van der Waals surface area contributed by atoms with Crippen molar-refractivity contribution in [3.05, 3.63) is 42.2 Å². The Morgan fingerprint density at radius 3 is 2.68 bits per heavy atom. The molecule has 3 aromatic rings. The molecule has 3 aromatic heterocycles. The number of carbonyl (C=O) groups excluding carboxylic acids is 1. The summed E-state index contributed by atoms with van der Waals surface area (Å²) < 4.78 is 5.57. The standard InChI is InChI=1S/C27H34N8O2S/c1-6-17(3)35(4)26-25(34-22(15-36)29-12-19-10-11-20(13-28-19)38-7-2)30-14-21(33-26)23-24(18-8-9-18)31-16-32-27(23)37-5/h10-11,13-18H,6-9,12H2,1-5H3,(H,29,30,34)/t17-/m0/s1. The Bertz CT molecular complexity index is 1280. The van der Waals surface area contributed by atoms with Crippen LogP contribution in [0.5, 0.6) is 5.88 Å². The molecule has 1 N–H and O–H groups in total. The van der Waals surface area contributed by atoms with Gasteiger partial charge in [0.25, 0.3) is 0 Å². The number of methoxy groups -OCH3 is 1. The monoisotopic (exact) mass is 534 g/mol. The van der Waals surface area contributed by atoms with E-state index in [1.807, 2.05) is 30.3 Å². The van der Waals surface area contributed by atoms with Gasteiger partial charge in [-0.2, -0.15) is 0 Å². The number of thioether (sulfide) groups is 1. The van der Waals surface area contributed by atoms with Gasteiger partial charge in [0.05, 0.1) is 42.5 Å². The summed E-state index contributed by atoms with van der Waals surface area (Å²) in [6.07, 6.45) is 8.76. The third-order valence-electron chi connectivity index (χ3n) is 6.47. The zero-order valence-corrected chi connectivity index (χ0v) is 23.3. The first-order chi connectivity index (χ1) is 18.5. The van der Waals surface area contributed by atoms with Gasteiger partial charge in [0.2, 0.25) is 5.88 Å². The molecule has 0 spiro atoms. The molecule has 0 saturated heterocycles. The van der Waals surface area contributed by atoms with Crippen molar-refractivity contribution in [2.24, 2.45) is 4.99 Å². The van der Waals surface area contributed by atoms with E-state index < -0.39 is 0 Å². The number of aldehydes is 1. The third-order valence-corrected chi connectivity index (χ3v) is 7.34. The molecule has 1 atom stereocenters. The number of carbonyl (C=O) groups is 1. The Kier molecular flexibility index (Phi) is 9.22. The number of hydrogen-bond donors (Lipinski definition) is 1. The lowest BCUT2D eigenvalue weighted by atomic mass is 10.1. The van der Waals surface area contributed by atoms with E-state index >= 15 is 0 Å². The smallest absolute Gasteiger partial charge is 0.226 e. The van der Waals surface area contributed by atoms with Crippen LogP contribution in [0.2, 0.25) is 0 Å². The van der Waals surface area contributed by atoms with E-state index in [1.165, 1.54) is 6.33 Å². The van der Waals surface area contributed by atoms with E-state index in [0.29, 0.717) is 35.4 Å². The number of rotatable bonds is 12. The van der Waals surface area contributed by atoms with Gasteiger partial charge in [-0.1, -0.05) is 13.8 Å². The highest BCUT2D eigenvalue weighted by atomic mass is 32.2. The molecule has 0 radical (unpaired) electrons. The van der Waals surface area contributed by atoms with Gasteiger partial charge < -0.3 is 15.0 Å². The maximum absolute atomic E-state index is 11.9. The van der Waals surface area contributed by atoms with Crippen LogP contribution in [-0.4, -0.2) is 63.0 Å². The Balaban J connectivity index is 1.67. The molecule has 0 aliphatic heterocycles. The summed E-state index contributed by atoms with van der Waals surface area (Å²) in [5, 5.41) is 3.09. The number of ether oxygens (including phenoxy) is 1. The molecular weight excluding hydrogens is 500 g/mol. The molecule has 38 heavy (non-hydrogen) atoms. The Morgan fingerprint density at radius 1 is 1.24 bits per heavy atom. The molecule has 0 amide bonds. The van der Waals surface area contributed by atoms with Crippen LogP contribution in [0.15, 0.2) is 40.7 Å². The van der Waals surface area contributed by atoms with Crippen LogP contribution in [0.3, 0.4) is 0 Å². The Labute approximate surface area is 227 Å². The molecule has 1 aliphatic rings. The molecule has 0 bridgehead atoms. The second-order valence-corrected chi connectivity index (χ2v) is 10.4. The zero-order chi connectivity index (χ0) is 27.1. The number of nitrogens with one attached hydrogen (secondary N) is 1. The maximum atomic E-state index is 11.9. The predicted molar refractivity (Wildman–Crippen MR) is 151 cm³/mol. The van der Waals surface area contributed by atoms with Crippen LogP contribution in [0, 0.1) is 0 Å². The quantitative estimate of drug-likeness (QED) is 0.151. The second-order valence-electron chi connectivity index (χ2n) is 9.08. The molecule has 11 heteroatoms. The summed E-state index contributed by atoms with van der Waals surface area (Å²) in [4.78, 5) is 42.5. The minimum absolute atomic E-state index is 0.152. The molecule has 1 saturated carbocycles. The Hall–Kier alpha value is -3.60. The number of anilines is 2. The highest BCUT2D eigenvalue weighted by Gasteiger charge is 2.31. The number of aliphatic imine (C=N–C) groups is 1. The largest absolute Gasteiger partial charge is 0.480 e. The van der Waals surface area contributed by atoms with Crippen LogP contribution < -0.4 is 15.0 Å². The summed E-state index contributed by atoms with van der Waals surface area (Å²) in [7, 11) is 3.56. The average Bonchev–Trinajstić information content (AvgIpc) is 3.80. The van der Waals surface area contributed by atoms with Gasteiger partial charge >= 0.3 is 0 Å². The average molecular weight is 535 g/mol. The lowest BCUT2D eigenvalue weighted by Crippen LogP contribution is -2.31. The molecule has 4 rings (SSSR count). The van der Waals surface area contributed by atoms with Gasteiger partial charge in [0.15, 0.2) is 23.8 Å². The molecule has 0 unspecified atom stereocenters. The van der Waals surface area contributed by atoms with Gasteiger partial charge in [-0.15, -0.1) is 11.8 Å². The molecule has 10 nitrogen and oxygen atoms in total. The van der Waals surface area contributed by atoms with Gasteiger partial charge in [-0.25, -0.2) is 19.9 Å². The maximum Gasteiger partial charge on any atom is 0.226 e. The molecule has 3 heterocycles. The van der Waals surface area contributed by atoms with Crippen LogP contribution >= 0.6 is 11.8 Å². The molecule has 0 aromatic carbocycles. The van der Waals surface area contributed by atoms with E-state index in [9.17, 15) is 4.79 Å². The van der Waals surface area contributed by atoms with Crippen molar-refractivity contribution in [1.82, 2.24) is 24.9 Å². The van der Waals surface area contributed by atoms with Gasteiger partial charge in [0, 0.05) is 30.1 Å². The Morgan fingerprint density at radius 2 is 2.05 bits per heavy atom. The number of aromatic nitrogens is 5. The highest BCUT2D eigenvalue weighted by Crippen LogP contribution is 2.45.